The molecule has 28 heavy (non-hydrogen) atoms. The van der Waals surface area contributed by atoms with E-state index in [1.54, 1.807) is 0 Å². The maximum Gasteiger partial charge on any atom is 0.220 e. The number of aliphatic hydroxyl groups is 1. The minimum atomic E-state index is -0.320. The predicted molar refractivity (Wildman–Crippen MR) is 120 cm³/mol. The molecule has 0 radical (unpaired) electrons. The van der Waals surface area contributed by atoms with Gasteiger partial charge in [0.1, 0.15) is 0 Å². The molecule has 0 aliphatic carbocycles. The lowest BCUT2D eigenvalue weighted by Gasteiger charge is -2.33. The average molecular weight is 420 g/mol. The molecular weight excluding hydrogens is 374 g/mol. The normalized spacial score (nSPS) is 13.6. The molecule has 0 rings (SSSR count). The average Bonchev–Trinajstić information content (AvgIpc) is 2.50. The van der Waals surface area contributed by atoms with Gasteiger partial charge in [-0.05, 0) is 63.5 Å². The molecule has 0 aromatic heterocycles. The number of hydrogen-bond acceptors (Lipinski definition) is 5. The van der Waals surface area contributed by atoms with Crippen LogP contribution in [0.2, 0.25) is 0 Å². The second-order valence-corrected chi connectivity index (χ2v) is 10.9. The van der Waals surface area contributed by atoms with E-state index in [1.165, 1.54) is 0 Å². The van der Waals surface area contributed by atoms with Crippen LogP contribution in [-0.2, 0) is 14.3 Å². The van der Waals surface area contributed by atoms with Crippen LogP contribution in [0.5, 0.6) is 0 Å². The number of carbonyl (C=O) groups is 1. The number of rotatable bonds is 15. The third-order valence-electron chi connectivity index (χ3n) is 4.85. The van der Waals surface area contributed by atoms with Crippen LogP contribution in [0.25, 0.3) is 0 Å². The molecule has 0 fully saturated rings. The Labute approximate surface area is 178 Å². The smallest absolute Gasteiger partial charge is 0.220 e. The van der Waals surface area contributed by atoms with Crippen LogP contribution in [0.15, 0.2) is 0 Å². The second-order valence-electron chi connectivity index (χ2n) is 10.6. The van der Waals surface area contributed by atoms with E-state index >= 15 is 0 Å². The van der Waals surface area contributed by atoms with Crippen molar-refractivity contribution in [3.05, 3.63) is 0 Å². The molecule has 0 saturated carbocycles. The number of ether oxygens (including phenoxy) is 2. The molecule has 0 heterocycles. The Morgan fingerprint density at radius 3 is 1.96 bits per heavy atom. The highest BCUT2D eigenvalue weighted by Crippen LogP contribution is 2.36. The van der Waals surface area contributed by atoms with Crippen molar-refractivity contribution in [2.45, 2.75) is 92.3 Å². The molecule has 0 aliphatic heterocycles. The molecule has 0 aromatic carbocycles. The van der Waals surface area contributed by atoms with E-state index in [1.807, 2.05) is 27.7 Å². The summed E-state index contributed by atoms with van der Waals surface area (Å²) in [5, 5.41) is 11.9. The molecular formula is C22H45NO4S. The van der Waals surface area contributed by atoms with Gasteiger partial charge in [0.15, 0.2) is 0 Å². The molecule has 0 saturated heterocycles. The van der Waals surface area contributed by atoms with Gasteiger partial charge in [0.2, 0.25) is 5.91 Å². The van der Waals surface area contributed by atoms with Crippen molar-refractivity contribution in [2.75, 3.05) is 32.1 Å². The van der Waals surface area contributed by atoms with E-state index in [-0.39, 0.29) is 34.5 Å². The first-order chi connectivity index (χ1) is 12.6. The Hall–Kier alpha value is -0.300. The molecule has 0 aliphatic rings. The highest BCUT2D eigenvalue weighted by Gasteiger charge is 2.30. The Kier molecular flexibility index (Phi) is 11.6. The van der Waals surface area contributed by atoms with Crippen molar-refractivity contribution < 1.29 is 19.4 Å². The lowest BCUT2D eigenvalue weighted by Crippen LogP contribution is -2.36. The van der Waals surface area contributed by atoms with Gasteiger partial charge in [0, 0.05) is 13.0 Å². The molecule has 0 atom stereocenters. The van der Waals surface area contributed by atoms with Crippen molar-refractivity contribution in [2.24, 2.45) is 10.8 Å². The van der Waals surface area contributed by atoms with Crippen LogP contribution < -0.4 is 5.32 Å². The minimum Gasteiger partial charge on any atom is -0.394 e. The first kappa shape index (κ1) is 27.7. The largest absolute Gasteiger partial charge is 0.394 e. The van der Waals surface area contributed by atoms with Crippen LogP contribution in [-0.4, -0.2) is 54.3 Å². The zero-order valence-electron chi connectivity index (χ0n) is 19.5. The highest BCUT2D eigenvalue weighted by atomic mass is 32.1. The number of carbonyl (C=O) groups excluding carboxylic acids is 1. The molecule has 0 spiro atoms. The Morgan fingerprint density at radius 1 is 0.893 bits per heavy atom. The standard InChI is InChI=1S/C22H45NO4S/c1-19(2,16-20(3,4)17-28)15-18(25)23-11-9-21(5,6)26-13-10-22(7,8)27-14-12-24/h24,28H,9-17H2,1-8H3,(H,23,25). The Morgan fingerprint density at radius 2 is 1.43 bits per heavy atom. The van der Waals surface area contributed by atoms with Crippen molar-refractivity contribution >= 4 is 18.5 Å². The molecule has 168 valence electrons. The Bertz CT molecular complexity index is 461. The van der Waals surface area contributed by atoms with Gasteiger partial charge in [-0.25, -0.2) is 0 Å². The van der Waals surface area contributed by atoms with Crippen LogP contribution in [0.3, 0.4) is 0 Å². The summed E-state index contributed by atoms with van der Waals surface area (Å²) >= 11 is 4.42. The third kappa shape index (κ3) is 13.8. The molecule has 5 nitrogen and oxygen atoms in total. The van der Waals surface area contributed by atoms with Gasteiger partial charge in [0.25, 0.3) is 0 Å². The van der Waals surface area contributed by atoms with Crippen molar-refractivity contribution in [3.63, 3.8) is 0 Å². The maximum atomic E-state index is 12.4. The summed E-state index contributed by atoms with van der Waals surface area (Å²) in [6, 6.07) is 0. The number of nitrogens with one attached hydrogen (secondary N) is 1. The van der Waals surface area contributed by atoms with E-state index in [4.69, 9.17) is 14.6 Å². The van der Waals surface area contributed by atoms with Crippen LogP contribution in [0, 0.1) is 10.8 Å². The fourth-order valence-electron chi connectivity index (χ4n) is 3.45. The van der Waals surface area contributed by atoms with Crippen molar-refractivity contribution in [1.82, 2.24) is 5.32 Å². The lowest BCUT2D eigenvalue weighted by atomic mass is 9.74. The van der Waals surface area contributed by atoms with Gasteiger partial charge in [-0.1, -0.05) is 27.7 Å². The molecule has 1 amide bonds. The SMILES string of the molecule is CC(C)(CS)CC(C)(C)CC(=O)NCCC(C)(C)OCCC(C)(C)OCCO. The van der Waals surface area contributed by atoms with Gasteiger partial charge in [-0.15, -0.1) is 0 Å². The molecule has 0 unspecified atom stereocenters. The Balaban J connectivity index is 4.23. The third-order valence-corrected chi connectivity index (χ3v) is 5.71. The number of amides is 1. The van der Waals surface area contributed by atoms with E-state index in [2.05, 4.69) is 45.6 Å². The quantitative estimate of drug-likeness (QED) is 0.348. The monoisotopic (exact) mass is 419 g/mol. The minimum absolute atomic E-state index is 0.0262. The van der Waals surface area contributed by atoms with Gasteiger partial charge >= 0.3 is 0 Å². The van der Waals surface area contributed by atoms with Gasteiger partial charge in [-0.2, -0.15) is 12.6 Å². The molecule has 2 N–H and O–H groups in total. The van der Waals surface area contributed by atoms with E-state index < -0.39 is 0 Å². The van der Waals surface area contributed by atoms with Crippen LogP contribution in [0.1, 0.15) is 81.1 Å². The number of thiol groups is 1. The summed E-state index contributed by atoms with van der Waals surface area (Å²) in [5.41, 5.74) is -0.566. The van der Waals surface area contributed by atoms with Gasteiger partial charge < -0.3 is 19.9 Å². The van der Waals surface area contributed by atoms with E-state index in [0.717, 1.165) is 25.0 Å². The lowest BCUT2D eigenvalue weighted by molar-refractivity contribution is -0.123. The maximum absolute atomic E-state index is 12.4. The number of aliphatic hydroxyl groups excluding tert-OH is 1. The second kappa shape index (κ2) is 11.8. The van der Waals surface area contributed by atoms with Crippen molar-refractivity contribution in [1.29, 1.82) is 0 Å². The summed E-state index contributed by atoms with van der Waals surface area (Å²) < 4.78 is 11.6. The molecule has 0 bridgehead atoms. The predicted octanol–water partition coefficient (Wildman–Crippen LogP) is 4.23. The first-order valence-corrected chi connectivity index (χ1v) is 11.0. The van der Waals surface area contributed by atoms with Gasteiger partial charge in [-0.3, -0.25) is 4.79 Å². The van der Waals surface area contributed by atoms with Crippen LogP contribution >= 0.6 is 12.6 Å². The summed E-state index contributed by atoms with van der Waals surface area (Å²) in [5.74, 6) is 0.903. The highest BCUT2D eigenvalue weighted by molar-refractivity contribution is 7.80. The summed E-state index contributed by atoms with van der Waals surface area (Å²) in [6.45, 7) is 18.3. The molecule has 6 heteroatoms. The zero-order valence-corrected chi connectivity index (χ0v) is 20.4. The van der Waals surface area contributed by atoms with E-state index in [0.29, 0.717) is 26.2 Å². The molecule has 0 aromatic rings. The fraction of sp³-hybridized carbons (Fsp3) is 0.955. The van der Waals surface area contributed by atoms with E-state index in [9.17, 15) is 4.79 Å². The van der Waals surface area contributed by atoms with Crippen molar-refractivity contribution in [3.8, 4) is 0 Å². The summed E-state index contributed by atoms with van der Waals surface area (Å²) in [7, 11) is 0. The topological polar surface area (TPSA) is 67.8 Å². The fourth-order valence-corrected chi connectivity index (χ4v) is 3.57. The zero-order chi connectivity index (χ0) is 22.1. The number of hydrogen-bond donors (Lipinski definition) is 3. The summed E-state index contributed by atoms with van der Waals surface area (Å²) in [6.07, 6.45) is 2.97. The summed E-state index contributed by atoms with van der Waals surface area (Å²) in [4.78, 5) is 12.4. The van der Waals surface area contributed by atoms with Gasteiger partial charge in [0.05, 0.1) is 31.0 Å². The first-order valence-electron chi connectivity index (χ1n) is 10.4. The van der Waals surface area contributed by atoms with Crippen LogP contribution in [0.4, 0.5) is 0 Å².